The van der Waals surface area contributed by atoms with Crippen LogP contribution in [0.4, 0.5) is 5.69 Å². The summed E-state index contributed by atoms with van der Waals surface area (Å²) in [6, 6.07) is 16.9. The standard InChI is InChI=1S/C24H17NO7/c1-2-30-20-9-4-3-6-15(20)13-22-23(26)19-11-10-18(14-21(19)32-22)31-24(27)16-7-5-8-17(12-16)25(28)29/h3-14H,2H2,1H3/b22-13-. The molecule has 0 saturated carbocycles. The normalized spacial score (nSPS) is 13.4. The van der Waals surface area contributed by atoms with Crippen LogP contribution in [0, 0.1) is 10.1 Å². The van der Waals surface area contributed by atoms with Gasteiger partial charge in [-0.1, -0.05) is 24.3 Å². The summed E-state index contributed by atoms with van der Waals surface area (Å²) in [6.45, 7) is 2.35. The zero-order chi connectivity index (χ0) is 22.7. The fourth-order valence-electron chi connectivity index (χ4n) is 3.17. The second-order valence-corrected chi connectivity index (χ2v) is 6.77. The van der Waals surface area contributed by atoms with Crippen molar-refractivity contribution in [2.24, 2.45) is 0 Å². The number of carbonyl (C=O) groups is 2. The number of nitro benzene ring substituents is 1. The minimum atomic E-state index is -0.764. The van der Waals surface area contributed by atoms with Crippen molar-refractivity contribution in [3.05, 3.63) is 99.3 Å². The van der Waals surface area contributed by atoms with E-state index in [4.69, 9.17) is 14.2 Å². The van der Waals surface area contributed by atoms with Gasteiger partial charge in [-0.2, -0.15) is 0 Å². The van der Waals surface area contributed by atoms with Gasteiger partial charge in [0.15, 0.2) is 5.76 Å². The largest absolute Gasteiger partial charge is 0.493 e. The molecule has 8 heteroatoms. The molecule has 0 fully saturated rings. The first kappa shape index (κ1) is 20.8. The van der Waals surface area contributed by atoms with Crippen LogP contribution in [0.2, 0.25) is 0 Å². The van der Waals surface area contributed by atoms with Crippen molar-refractivity contribution in [1.29, 1.82) is 0 Å². The third-order valence-electron chi connectivity index (χ3n) is 4.65. The summed E-state index contributed by atoms with van der Waals surface area (Å²) in [5.41, 5.74) is 0.845. The molecule has 0 saturated heterocycles. The maximum Gasteiger partial charge on any atom is 0.343 e. The molecular weight excluding hydrogens is 414 g/mol. The topological polar surface area (TPSA) is 105 Å². The molecule has 1 aliphatic heterocycles. The van der Waals surface area contributed by atoms with Crippen LogP contribution in [-0.4, -0.2) is 23.3 Å². The number of hydrogen-bond donors (Lipinski definition) is 0. The summed E-state index contributed by atoms with van der Waals surface area (Å²) < 4.78 is 16.6. The first-order chi connectivity index (χ1) is 15.5. The highest BCUT2D eigenvalue weighted by atomic mass is 16.6. The first-order valence-corrected chi connectivity index (χ1v) is 9.73. The summed E-state index contributed by atoms with van der Waals surface area (Å²) >= 11 is 0. The van der Waals surface area contributed by atoms with E-state index in [2.05, 4.69) is 0 Å². The smallest absolute Gasteiger partial charge is 0.343 e. The molecule has 0 spiro atoms. The van der Waals surface area contributed by atoms with E-state index in [9.17, 15) is 19.7 Å². The number of hydrogen-bond acceptors (Lipinski definition) is 7. The molecule has 4 rings (SSSR count). The number of carbonyl (C=O) groups excluding carboxylic acids is 2. The van der Waals surface area contributed by atoms with E-state index in [1.807, 2.05) is 25.1 Å². The van der Waals surface area contributed by atoms with E-state index in [-0.39, 0.29) is 34.3 Å². The number of esters is 1. The number of fused-ring (bicyclic) bond motifs is 1. The van der Waals surface area contributed by atoms with Gasteiger partial charge < -0.3 is 14.2 Å². The minimum Gasteiger partial charge on any atom is -0.493 e. The number of nitro groups is 1. The second-order valence-electron chi connectivity index (χ2n) is 6.77. The molecule has 0 bridgehead atoms. The van der Waals surface area contributed by atoms with Crippen molar-refractivity contribution in [2.45, 2.75) is 6.92 Å². The van der Waals surface area contributed by atoms with E-state index in [1.54, 1.807) is 12.1 Å². The van der Waals surface area contributed by atoms with Crippen LogP contribution in [-0.2, 0) is 0 Å². The van der Waals surface area contributed by atoms with Gasteiger partial charge >= 0.3 is 5.97 Å². The lowest BCUT2D eigenvalue weighted by atomic mass is 10.1. The van der Waals surface area contributed by atoms with Crippen molar-refractivity contribution in [3.8, 4) is 17.2 Å². The molecule has 0 amide bonds. The van der Waals surface area contributed by atoms with Gasteiger partial charge in [0.25, 0.3) is 5.69 Å². The van der Waals surface area contributed by atoms with Crippen LogP contribution in [0.3, 0.4) is 0 Å². The van der Waals surface area contributed by atoms with E-state index in [0.717, 1.165) is 6.07 Å². The SMILES string of the molecule is CCOc1ccccc1/C=C1\Oc2cc(OC(=O)c3cccc([N+](=O)[O-])c3)ccc2C1=O. The van der Waals surface area contributed by atoms with Gasteiger partial charge in [0.1, 0.15) is 17.2 Å². The zero-order valence-corrected chi connectivity index (χ0v) is 16.9. The Morgan fingerprint density at radius 2 is 1.91 bits per heavy atom. The van der Waals surface area contributed by atoms with Crippen LogP contribution >= 0.6 is 0 Å². The van der Waals surface area contributed by atoms with Crippen molar-refractivity contribution in [2.75, 3.05) is 6.61 Å². The van der Waals surface area contributed by atoms with Crippen LogP contribution in [0.15, 0.2) is 72.5 Å². The van der Waals surface area contributed by atoms with E-state index in [0.29, 0.717) is 23.5 Å². The van der Waals surface area contributed by atoms with Crippen LogP contribution in [0.25, 0.3) is 6.08 Å². The van der Waals surface area contributed by atoms with Gasteiger partial charge in [0.05, 0.1) is 22.7 Å². The van der Waals surface area contributed by atoms with Gasteiger partial charge in [-0.3, -0.25) is 14.9 Å². The fourth-order valence-corrected chi connectivity index (χ4v) is 3.17. The number of allylic oxidation sites excluding steroid dienone is 1. The Morgan fingerprint density at radius 3 is 2.69 bits per heavy atom. The van der Waals surface area contributed by atoms with Crippen LogP contribution in [0.1, 0.15) is 33.2 Å². The molecule has 0 unspecified atom stereocenters. The highest BCUT2D eigenvalue weighted by Gasteiger charge is 2.28. The molecule has 8 nitrogen and oxygen atoms in total. The molecule has 0 N–H and O–H groups in total. The lowest BCUT2D eigenvalue weighted by Crippen LogP contribution is -2.08. The monoisotopic (exact) mass is 431 g/mol. The Hall–Kier alpha value is -4.46. The number of ether oxygens (including phenoxy) is 3. The molecule has 3 aromatic rings. The molecule has 1 heterocycles. The number of Topliss-reactive ketones (excluding diaryl/α,β-unsaturated/α-hetero) is 1. The third kappa shape index (κ3) is 4.20. The van der Waals surface area contributed by atoms with Gasteiger partial charge in [-0.25, -0.2) is 4.79 Å². The molecule has 0 aliphatic carbocycles. The Bertz CT molecular complexity index is 1260. The summed E-state index contributed by atoms with van der Waals surface area (Å²) in [5.74, 6) is 0.0708. The number of benzene rings is 3. The lowest BCUT2D eigenvalue weighted by Gasteiger charge is -2.07. The van der Waals surface area contributed by atoms with Crippen LogP contribution in [0.5, 0.6) is 17.2 Å². The molecule has 3 aromatic carbocycles. The van der Waals surface area contributed by atoms with Crippen molar-refractivity contribution < 1.29 is 28.7 Å². The predicted molar refractivity (Wildman–Crippen MR) is 115 cm³/mol. The van der Waals surface area contributed by atoms with Gasteiger partial charge in [0, 0.05) is 23.8 Å². The average molecular weight is 431 g/mol. The molecule has 1 aliphatic rings. The predicted octanol–water partition coefficient (Wildman–Crippen LogP) is 4.83. The fraction of sp³-hybridized carbons (Fsp3) is 0.0833. The summed E-state index contributed by atoms with van der Waals surface area (Å²) in [5, 5.41) is 10.9. The number of rotatable bonds is 6. The van der Waals surface area contributed by atoms with Gasteiger partial charge in [0.2, 0.25) is 5.78 Å². The zero-order valence-electron chi connectivity index (χ0n) is 16.9. The first-order valence-electron chi connectivity index (χ1n) is 9.73. The Labute approximate surface area is 182 Å². The molecule has 160 valence electrons. The number of para-hydroxylation sites is 1. The maximum atomic E-state index is 12.7. The number of ketones is 1. The Kier molecular flexibility index (Phi) is 5.67. The molecule has 32 heavy (non-hydrogen) atoms. The molecule has 0 radical (unpaired) electrons. The Morgan fingerprint density at radius 1 is 1.09 bits per heavy atom. The third-order valence-corrected chi connectivity index (χ3v) is 4.65. The van der Waals surface area contributed by atoms with E-state index in [1.165, 1.54) is 36.4 Å². The highest BCUT2D eigenvalue weighted by Crippen LogP contribution is 2.36. The van der Waals surface area contributed by atoms with Crippen molar-refractivity contribution in [3.63, 3.8) is 0 Å². The minimum absolute atomic E-state index is 0.0322. The van der Waals surface area contributed by atoms with Gasteiger partial charge in [-0.15, -0.1) is 0 Å². The van der Waals surface area contributed by atoms with Crippen LogP contribution < -0.4 is 14.2 Å². The highest BCUT2D eigenvalue weighted by molar-refractivity contribution is 6.14. The Balaban J connectivity index is 1.55. The second kappa shape index (κ2) is 8.73. The molecule has 0 aromatic heterocycles. The summed E-state index contributed by atoms with van der Waals surface area (Å²) in [6.07, 6.45) is 1.60. The maximum absolute atomic E-state index is 12.7. The van der Waals surface area contributed by atoms with Crippen molar-refractivity contribution in [1.82, 2.24) is 0 Å². The average Bonchev–Trinajstić information content (AvgIpc) is 3.10. The molecule has 0 atom stereocenters. The molecular formula is C24H17NO7. The summed E-state index contributed by atoms with van der Waals surface area (Å²) in [7, 11) is 0. The van der Waals surface area contributed by atoms with Crippen molar-refractivity contribution >= 4 is 23.5 Å². The quantitative estimate of drug-likeness (QED) is 0.181. The van der Waals surface area contributed by atoms with Gasteiger partial charge in [-0.05, 0) is 37.3 Å². The van der Waals surface area contributed by atoms with E-state index >= 15 is 0 Å². The lowest BCUT2D eigenvalue weighted by molar-refractivity contribution is -0.384. The van der Waals surface area contributed by atoms with E-state index < -0.39 is 10.9 Å². The number of non-ortho nitro benzene ring substituents is 1. The number of nitrogens with zero attached hydrogens (tertiary/aromatic N) is 1. The summed E-state index contributed by atoms with van der Waals surface area (Å²) in [4.78, 5) is 35.4.